The van der Waals surface area contributed by atoms with Crippen LogP contribution in [0.25, 0.3) is 10.2 Å². The van der Waals surface area contributed by atoms with Crippen LogP contribution >= 0.6 is 34.9 Å². The van der Waals surface area contributed by atoms with E-state index in [1.54, 1.807) is 23.1 Å². The Morgan fingerprint density at radius 2 is 2.21 bits per heavy atom. The van der Waals surface area contributed by atoms with Gasteiger partial charge in [0.15, 0.2) is 11.9 Å². The number of thiophene rings is 1. The second-order valence-electron chi connectivity index (χ2n) is 5.80. The van der Waals surface area contributed by atoms with Gasteiger partial charge in [0, 0.05) is 21.3 Å². The van der Waals surface area contributed by atoms with Gasteiger partial charge in [0.2, 0.25) is 0 Å². The second-order valence-corrected chi connectivity index (χ2v) is 9.05. The summed E-state index contributed by atoms with van der Waals surface area (Å²) >= 11 is 5.33. The quantitative estimate of drug-likeness (QED) is 0.698. The highest BCUT2D eigenvalue weighted by atomic mass is 32.2. The summed E-state index contributed by atoms with van der Waals surface area (Å²) in [4.78, 5) is 23.7. The van der Waals surface area contributed by atoms with Crippen molar-refractivity contribution in [1.29, 1.82) is 0 Å². The molecule has 122 valence electrons. The van der Waals surface area contributed by atoms with Gasteiger partial charge in [-0.05, 0) is 29.9 Å². The Kier molecular flexibility index (Phi) is 3.61. The van der Waals surface area contributed by atoms with Gasteiger partial charge in [0.1, 0.15) is 10.6 Å². The normalized spacial score (nSPS) is 19.6. The first-order chi connectivity index (χ1) is 11.8. The Bertz CT molecular complexity index is 995. The van der Waals surface area contributed by atoms with E-state index in [2.05, 4.69) is 11.1 Å². The number of benzene rings is 1. The van der Waals surface area contributed by atoms with Crippen molar-refractivity contribution in [3.8, 4) is 5.75 Å². The van der Waals surface area contributed by atoms with Crippen molar-refractivity contribution in [3.63, 3.8) is 0 Å². The molecule has 4 nitrogen and oxygen atoms in total. The van der Waals surface area contributed by atoms with Gasteiger partial charge in [0.25, 0.3) is 5.56 Å². The monoisotopic (exact) mass is 374 g/mol. The van der Waals surface area contributed by atoms with E-state index in [4.69, 9.17) is 9.72 Å². The topological polar surface area (TPSA) is 55.0 Å². The van der Waals surface area contributed by atoms with Gasteiger partial charge in [0.05, 0.1) is 5.39 Å². The summed E-state index contributed by atoms with van der Waals surface area (Å²) in [5, 5.41) is 0.794. The molecule has 2 aliphatic rings. The van der Waals surface area contributed by atoms with Crippen LogP contribution in [-0.2, 0) is 12.2 Å². The first-order valence-electron chi connectivity index (χ1n) is 7.80. The van der Waals surface area contributed by atoms with Crippen LogP contribution in [0.4, 0.5) is 0 Å². The van der Waals surface area contributed by atoms with E-state index in [0.717, 1.165) is 44.5 Å². The molecule has 0 bridgehead atoms. The number of rotatable bonds is 1. The van der Waals surface area contributed by atoms with Crippen LogP contribution in [0, 0.1) is 0 Å². The molecule has 24 heavy (non-hydrogen) atoms. The Balaban J connectivity index is 1.58. The fourth-order valence-electron chi connectivity index (χ4n) is 3.15. The second kappa shape index (κ2) is 5.82. The third kappa shape index (κ3) is 2.37. The van der Waals surface area contributed by atoms with Crippen LogP contribution in [0.3, 0.4) is 0 Å². The average Bonchev–Trinajstić information content (AvgIpc) is 3.00. The van der Waals surface area contributed by atoms with Gasteiger partial charge < -0.3 is 9.72 Å². The molecule has 0 radical (unpaired) electrons. The molecule has 4 heterocycles. The molecular weight excluding hydrogens is 360 g/mol. The molecule has 0 aliphatic carbocycles. The summed E-state index contributed by atoms with van der Waals surface area (Å²) < 4.78 is 6.07. The van der Waals surface area contributed by atoms with E-state index in [0.29, 0.717) is 5.82 Å². The average molecular weight is 375 g/mol. The molecule has 0 unspecified atom stereocenters. The first-order valence-corrected chi connectivity index (χ1v) is 10.8. The molecule has 0 spiro atoms. The van der Waals surface area contributed by atoms with Gasteiger partial charge in [-0.2, -0.15) is 11.8 Å². The van der Waals surface area contributed by atoms with Gasteiger partial charge >= 0.3 is 0 Å². The molecule has 0 saturated heterocycles. The molecule has 3 aromatic rings. The first kappa shape index (κ1) is 14.9. The van der Waals surface area contributed by atoms with Crippen molar-refractivity contribution in [1.82, 2.24) is 9.97 Å². The number of para-hydroxylation sites is 1. The fourth-order valence-corrected chi connectivity index (χ4v) is 6.50. The number of aromatic nitrogens is 2. The summed E-state index contributed by atoms with van der Waals surface area (Å²) in [5.74, 6) is 4.34. The maximum Gasteiger partial charge on any atom is 0.260 e. The Labute approximate surface area is 151 Å². The number of hydrogen-bond acceptors (Lipinski definition) is 6. The lowest BCUT2D eigenvalue weighted by Crippen LogP contribution is -2.22. The van der Waals surface area contributed by atoms with Crippen LogP contribution in [0.15, 0.2) is 34.0 Å². The number of nitrogens with zero attached hydrogens (tertiary/aromatic N) is 1. The zero-order valence-corrected chi connectivity index (χ0v) is 15.2. The van der Waals surface area contributed by atoms with Crippen LogP contribution in [0.1, 0.15) is 22.4 Å². The predicted molar refractivity (Wildman–Crippen MR) is 101 cm³/mol. The number of ether oxygens (including phenoxy) is 1. The molecule has 1 atom stereocenters. The van der Waals surface area contributed by atoms with E-state index in [1.807, 2.05) is 30.0 Å². The van der Waals surface area contributed by atoms with Crippen LogP contribution in [0.5, 0.6) is 5.75 Å². The molecule has 1 N–H and O–H groups in total. The number of nitrogens with one attached hydrogen (secondary N) is 1. The van der Waals surface area contributed by atoms with Crippen molar-refractivity contribution < 1.29 is 4.74 Å². The van der Waals surface area contributed by atoms with Crippen molar-refractivity contribution >= 4 is 45.1 Å². The minimum Gasteiger partial charge on any atom is -0.480 e. The van der Waals surface area contributed by atoms with Crippen LogP contribution < -0.4 is 10.3 Å². The van der Waals surface area contributed by atoms with Gasteiger partial charge in [-0.15, -0.1) is 23.1 Å². The predicted octanol–water partition coefficient (Wildman–Crippen LogP) is 4.00. The molecule has 0 amide bonds. The number of hydrogen-bond donors (Lipinski definition) is 1. The molecule has 2 aliphatic heterocycles. The number of thioether (sulfide) groups is 2. The van der Waals surface area contributed by atoms with Crippen LogP contribution in [-0.4, -0.2) is 21.5 Å². The van der Waals surface area contributed by atoms with E-state index in [1.165, 1.54) is 10.4 Å². The van der Waals surface area contributed by atoms with Crippen molar-refractivity contribution in [3.05, 3.63) is 50.9 Å². The highest BCUT2D eigenvalue weighted by Gasteiger charge is 2.26. The minimum atomic E-state index is -0.212. The van der Waals surface area contributed by atoms with Gasteiger partial charge in [-0.25, -0.2) is 4.98 Å². The van der Waals surface area contributed by atoms with Gasteiger partial charge in [-0.1, -0.05) is 12.1 Å². The minimum absolute atomic E-state index is 0.0214. The maximum absolute atomic E-state index is 12.7. The Hall–Kier alpha value is -1.44. The largest absolute Gasteiger partial charge is 0.480 e. The van der Waals surface area contributed by atoms with E-state index < -0.39 is 0 Å². The standard InChI is InChI=1S/C17H14N2O2S3/c20-16-14-9-5-6-22-8-13(9)24-17(14)19-15(18-16)11-7-23-12-4-2-1-3-10(12)21-11/h1-4,11H,5-8H2,(H,18,19,20)/t11-/m0/s1. The summed E-state index contributed by atoms with van der Waals surface area (Å²) in [5.41, 5.74) is 1.19. The molecular formula is C17H14N2O2S3. The van der Waals surface area contributed by atoms with E-state index in [-0.39, 0.29) is 11.7 Å². The molecule has 1 aromatic carbocycles. The molecule has 7 heteroatoms. The van der Waals surface area contributed by atoms with E-state index >= 15 is 0 Å². The third-order valence-electron chi connectivity index (χ3n) is 4.31. The molecule has 0 fully saturated rings. The SMILES string of the molecule is O=c1[nH]c([C@@H]2CSc3ccccc3O2)nc2sc3c(c12)CCSC3. The summed E-state index contributed by atoms with van der Waals surface area (Å²) in [7, 11) is 0. The Morgan fingerprint density at radius 1 is 1.29 bits per heavy atom. The van der Waals surface area contributed by atoms with Crippen molar-refractivity contribution in [2.24, 2.45) is 0 Å². The number of fused-ring (bicyclic) bond motifs is 4. The maximum atomic E-state index is 12.7. The lowest BCUT2D eigenvalue weighted by molar-refractivity contribution is 0.210. The van der Waals surface area contributed by atoms with Crippen LogP contribution in [0.2, 0.25) is 0 Å². The van der Waals surface area contributed by atoms with Gasteiger partial charge in [-0.3, -0.25) is 4.79 Å². The summed E-state index contributed by atoms with van der Waals surface area (Å²) in [6.07, 6.45) is 0.753. The number of aromatic amines is 1. The number of aryl methyl sites for hydroxylation is 1. The summed E-state index contributed by atoms with van der Waals surface area (Å²) in [6, 6.07) is 7.99. The van der Waals surface area contributed by atoms with Crippen molar-refractivity contribution in [2.45, 2.75) is 23.2 Å². The van der Waals surface area contributed by atoms with E-state index in [9.17, 15) is 4.79 Å². The fraction of sp³-hybridized carbons (Fsp3) is 0.294. The lowest BCUT2D eigenvalue weighted by atomic mass is 10.1. The molecule has 2 aromatic heterocycles. The highest BCUT2D eigenvalue weighted by Crippen LogP contribution is 2.40. The smallest absolute Gasteiger partial charge is 0.260 e. The third-order valence-corrected chi connectivity index (χ3v) is 7.72. The summed E-state index contributed by atoms with van der Waals surface area (Å²) in [6.45, 7) is 0. The molecule has 0 saturated carbocycles. The highest BCUT2D eigenvalue weighted by molar-refractivity contribution is 7.99. The lowest BCUT2D eigenvalue weighted by Gasteiger charge is -2.24. The zero-order chi connectivity index (χ0) is 16.1. The van der Waals surface area contributed by atoms with Crippen molar-refractivity contribution in [2.75, 3.05) is 11.5 Å². The number of H-pyrrole nitrogens is 1. The molecule has 5 rings (SSSR count). The Morgan fingerprint density at radius 3 is 3.17 bits per heavy atom. The zero-order valence-electron chi connectivity index (χ0n) is 12.7.